The van der Waals surface area contributed by atoms with Gasteiger partial charge in [-0.25, -0.2) is 4.98 Å². The van der Waals surface area contributed by atoms with Gasteiger partial charge in [0.25, 0.3) is 0 Å². The predicted octanol–water partition coefficient (Wildman–Crippen LogP) is 2.67. The lowest BCUT2D eigenvalue weighted by molar-refractivity contribution is 0.103. The van der Waals surface area contributed by atoms with Crippen LogP contribution in [0.15, 0.2) is 36.8 Å². The zero-order valence-electron chi connectivity index (χ0n) is 8.64. The largest absolute Gasteiger partial charge is 0.287 e. The predicted molar refractivity (Wildman–Crippen MR) is 61.7 cm³/mol. The van der Waals surface area contributed by atoms with Gasteiger partial charge in [-0.05, 0) is 30.7 Å². The molecule has 0 N–H and O–H groups in total. The monoisotopic (exact) mass is 232 g/mol. The summed E-state index contributed by atoms with van der Waals surface area (Å²) in [7, 11) is 0. The third-order valence-electron chi connectivity index (χ3n) is 2.23. The maximum absolute atomic E-state index is 12.0. The Bertz CT molecular complexity index is 526. The molecule has 0 spiro atoms. The van der Waals surface area contributed by atoms with Gasteiger partial charge in [0.15, 0.2) is 0 Å². The Morgan fingerprint density at radius 1 is 1.31 bits per heavy atom. The van der Waals surface area contributed by atoms with E-state index in [9.17, 15) is 4.79 Å². The van der Waals surface area contributed by atoms with Gasteiger partial charge in [-0.3, -0.25) is 9.78 Å². The minimum atomic E-state index is -0.137. The quantitative estimate of drug-likeness (QED) is 0.748. The number of hydrogen-bond acceptors (Lipinski definition) is 3. The van der Waals surface area contributed by atoms with Gasteiger partial charge in [0.05, 0.1) is 6.20 Å². The van der Waals surface area contributed by atoms with Crippen molar-refractivity contribution in [2.24, 2.45) is 0 Å². The lowest BCUT2D eigenvalue weighted by atomic mass is 10.0. The molecule has 0 saturated carbocycles. The number of aryl methyl sites for hydroxylation is 1. The smallest absolute Gasteiger partial charge is 0.213 e. The van der Waals surface area contributed by atoms with E-state index in [1.165, 1.54) is 18.6 Å². The molecule has 0 radical (unpaired) electrons. The van der Waals surface area contributed by atoms with E-state index in [0.717, 1.165) is 5.56 Å². The van der Waals surface area contributed by atoms with Gasteiger partial charge in [0, 0.05) is 23.0 Å². The fourth-order valence-electron chi connectivity index (χ4n) is 1.44. The van der Waals surface area contributed by atoms with Crippen molar-refractivity contribution in [2.75, 3.05) is 0 Å². The number of ketones is 1. The van der Waals surface area contributed by atoms with E-state index in [-0.39, 0.29) is 5.78 Å². The molecular formula is C12H9ClN2O. The van der Waals surface area contributed by atoms with E-state index in [1.807, 2.05) is 6.92 Å². The summed E-state index contributed by atoms with van der Waals surface area (Å²) in [5.74, 6) is -0.137. The summed E-state index contributed by atoms with van der Waals surface area (Å²) in [6.07, 6.45) is 4.49. The molecule has 0 aliphatic rings. The van der Waals surface area contributed by atoms with Crippen LogP contribution in [0, 0.1) is 6.92 Å². The van der Waals surface area contributed by atoms with Gasteiger partial charge in [0.1, 0.15) is 5.69 Å². The van der Waals surface area contributed by atoms with Crippen molar-refractivity contribution in [2.45, 2.75) is 6.92 Å². The molecule has 0 saturated heterocycles. The van der Waals surface area contributed by atoms with Crippen molar-refractivity contribution in [3.05, 3.63) is 58.6 Å². The number of halogens is 1. The summed E-state index contributed by atoms with van der Waals surface area (Å²) in [6.45, 7) is 1.84. The Kier molecular flexibility index (Phi) is 2.97. The normalized spacial score (nSPS) is 10.1. The molecule has 0 aliphatic carbocycles. The molecule has 0 amide bonds. The first-order chi connectivity index (χ1) is 7.68. The van der Waals surface area contributed by atoms with Gasteiger partial charge in [-0.15, -0.1) is 0 Å². The van der Waals surface area contributed by atoms with Crippen LogP contribution in [0.25, 0.3) is 0 Å². The van der Waals surface area contributed by atoms with E-state index in [0.29, 0.717) is 16.3 Å². The van der Waals surface area contributed by atoms with Crippen LogP contribution in [0.5, 0.6) is 0 Å². The fraction of sp³-hybridized carbons (Fsp3) is 0.0833. The van der Waals surface area contributed by atoms with Gasteiger partial charge in [-0.1, -0.05) is 11.6 Å². The van der Waals surface area contributed by atoms with Crippen molar-refractivity contribution in [1.82, 2.24) is 9.97 Å². The van der Waals surface area contributed by atoms with Gasteiger partial charge in [-0.2, -0.15) is 0 Å². The first-order valence-electron chi connectivity index (χ1n) is 4.75. The van der Waals surface area contributed by atoms with Crippen molar-refractivity contribution < 1.29 is 4.79 Å². The molecule has 4 heteroatoms. The van der Waals surface area contributed by atoms with Crippen LogP contribution in [-0.4, -0.2) is 15.8 Å². The molecule has 0 aliphatic heterocycles. The van der Waals surface area contributed by atoms with Gasteiger partial charge < -0.3 is 0 Å². The van der Waals surface area contributed by atoms with Gasteiger partial charge in [0.2, 0.25) is 5.78 Å². The molecular weight excluding hydrogens is 224 g/mol. The number of hydrogen-bond donors (Lipinski definition) is 0. The van der Waals surface area contributed by atoms with Crippen LogP contribution in [0.4, 0.5) is 0 Å². The van der Waals surface area contributed by atoms with E-state index in [1.54, 1.807) is 18.2 Å². The number of rotatable bonds is 2. The molecule has 16 heavy (non-hydrogen) atoms. The van der Waals surface area contributed by atoms with E-state index in [4.69, 9.17) is 11.6 Å². The lowest BCUT2D eigenvalue weighted by Crippen LogP contribution is -2.06. The van der Waals surface area contributed by atoms with Crippen LogP contribution >= 0.6 is 11.6 Å². The van der Waals surface area contributed by atoms with E-state index < -0.39 is 0 Å². The van der Waals surface area contributed by atoms with Crippen molar-refractivity contribution in [1.29, 1.82) is 0 Å². The van der Waals surface area contributed by atoms with Crippen LogP contribution in [-0.2, 0) is 0 Å². The maximum atomic E-state index is 12.0. The minimum Gasteiger partial charge on any atom is -0.287 e. The van der Waals surface area contributed by atoms with E-state index >= 15 is 0 Å². The topological polar surface area (TPSA) is 42.9 Å². The van der Waals surface area contributed by atoms with Crippen LogP contribution in [0.1, 0.15) is 21.6 Å². The molecule has 0 unspecified atom stereocenters. The molecule has 0 atom stereocenters. The lowest BCUT2D eigenvalue weighted by Gasteiger charge is -2.04. The van der Waals surface area contributed by atoms with Crippen molar-refractivity contribution in [3.8, 4) is 0 Å². The summed E-state index contributed by atoms with van der Waals surface area (Å²) < 4.78 is 0. The highest BCUT2D eigenvalue weighted by Gasteiger charge is 2.12. The molecule has 1 aromatic carbocycles. The number of carbonyl (C=O) groups is 1. The Morgan fingerprint density at radius 2 is 2.12 bits per heavy atom. The Labute approximate surface area is 98.1 Å². The molecule has 0 bridgehead atoms. The number of aromatic nitrogens is 2. The second-order valence-electron chi connectivity index (χ2n) is 3.38. The van der Waals surface area contributed by atoms with Crippen LogP contribution in [0.3, 0.4) is 0 Å². The van der Waals surface area contributed by atoms with Crippen LogP contribution < -0.4 is 0 Å². The first kappa shape index (κ1) is 10.8. The number of nitrogens with zero attached hydrogens (tertiary/aromatic N) is 2. The molecule has 2 rings (SSSR count). The fourth-order valence-corrected chi connectivity index (χ4v) is 1.66. The maximum Gasteiger partial charge on any atom is 0.213 e. The molecule has 3 nitrogen and oxygen atoms in total. The summed E-state index contributed by atoms with van der Waals surface area (Å²) in [4.78, 5) is 19.9. The highest BCUT2D eigenvalue weighted by molar-refractivity contribution is 6.30. The van der Waals surface area contributed by atoms with Crippen LogP contribution in [0.2, 0.25) is 5.02 Å². The summed E-state index contributed by atoms with van der Waals surface area (Å²) >= 11 is 5.83. The molecule has 2 aromatic rings. The first-order valence-corrected chi connectivity index (χ1v) is 5.13. The van der Waals surface area contributed by atoms with Gasteiger partial charge >= 0.3 is 0 Å². The standard InChI is InChI=1S/C12H9ClN2O/c1-8-6-9(13)2-3-10(8)12(16)11-7-14-4-5-15-11/h2-7H,1H3. The second-order valence-corrected chi connectivity index (χ2v) is 3.82. The van der Waals surface area contributed by atoms with Crippen molar-refractivity contribution >= 4 is 17.4 Å². The van der Waals surface area contributed by atoms with Crippen molar-refractivity contribution in [3.63, 3.8) is 0 Å². The molecule has 80 valence electrons. The number of benzene rings is 1. The molecule has 1 heterocycles. The average molecular weight is 233 g/mol. The SMILES string of the molecule is Cc1cc(Cl)ccc1C(=O)c1cnccn1. The summed E-state index contributed by atoms with van der Waals surface area (Å²) in [5.41, 5.74) is 1.78. The molecule has 0 fully saturated rings. The second kappa shape index (κ2) is 4.41. The third-order valence-corrected chi connectivity index (χ3v) is 2.46. The zero-order valence-corrected chi connectivity index (χ0v) is 9.40. The summed E-state index contributed by atoms with van der Waals surface area (Å²) in [6, 6.07) is 5.15. The Morgan fingerprint density at radius 3 is 2.75 bits per heavy atom. The minimum absolute atomic E-state index is 0.137. The Balaban J connectivity index is 2.42. The average Bonchev–Trinajstić information content (AvgIpc) is 2.29. The molecule has 1 aromatic heterocycles. The highest BCUT2D eigenvalue weighted by atomic mass is 35.5. The third kappa shape index (κ3) is 2.09. The summed E-state index contributed by atoms with van der Waals surface area (Å²) in [5, 5.41) is 0.619. The van der Waals surface area contributed by atoms with E-state index in [2.05, 4.69) is 9.97 Å². The zero-order chi connectivity index (χ0) is 11.5. The Hall–Kier alpha value is -1.74. The number of carbonyl (C=O) groups excluding carboxylic acids is 1. The highest BCUT2D eigenvalue weighted by Crippen LogP contribution is 2.17.